The summed E-state index contributed by atoms with van der Waals surface area (Å²) in [6, 6.07) is 3.94. The molecule has 8 nitrogen and oxygen atoms in total. The molecule has 0 aliphatic carbocycles. The van der Waals surface area contributed by atoms with Gasteiger partial charge in [0, 0.05) is 43.9 Å². The number of pyridine rings is 1. The van der Waals surface area contributed by atoms with E-state index in [0.29, 0.717) is 25.7 Å². The zero-order valence-corrected chi connectivity index (χ0v) is 14.4. The van der Waals surface area contributed by atoms with Crippen molar-refractivity contribution in [2.75, 3.05) is 44.3 Å². The highest BCUT2D eigenvalue weighted by Crippen LogP contribution is 2.24. The SMILES string of the molecule is NC(=O)C1CCN(c2ncccc2CN=C(N)N2CCOCC2)CC1. The molecule has 0 radical (unpaired) electrons. The highest BCUT2D eigenvalue weighted by molar-refractivity contribution is 5.78. The summed E-state index contributed by atoms with van der Waals surface area (Å²) in [5, 5.41) is 0. The highest BCUT2D eigenvalue weighted by atomic mass is 16.5. The van der Waals surface area contributed by atoms with Crippen LogP contribution in [0.15, 0.2) is 23.3 Å². The van der Waals surface area contributed by atoms with Crippen molar-refractivity contribution < 1.29 is 9.53 Å². The Bertz CT molecular complexity index is 621. The number of aromatic nitrogens is 1. The molecule has 1 aromatic rings. The van der Waals surface area contributed by atoms with Crippen molar-refractivity contribution in [3.8, 4) is 0 Å². The molecule has 0 spiro atoms. The Morgan fingerprint density at radius 1 is 1.24 bits per heavy atom. The molecule has 1 aromatic heterocycles. The van der Waals surface area contributed by atoms with Gasteiger partial charge in [0.15, 0.2) is 5.96 Å². The number of morpholine rings is 1. The van der Waals surface area contributed by atoms with Gasteiger partial charge >= 0.3 is 0 Å². The number of guanidine groups is 1. The molecule has 1 amide bonds. The van der Waals surface area contributed by atoms with Gasteiger partial charge in [0.1, 0.15) is 5.82 Å². The molecule has 2 aliphatic rings. The number of hydrogen-bond acceptors (Lipinski definition) is 5. The summed E-state index contributed by atoms with van der Waals surface area (Å²) < 4.78 is 5.33. The van der Waals surface area contributed by atoms with Gasteiger partial charge in [-0.2, -0.15) is 0 Å². The molecule has 0 bridgehead atoms. The Hall–Kier alpha value is -2.35. The maximum atomic E-state index is 11.3. The average Bonchev–Trinajstić information content (AvgIpc) is 2.67. The van der Waals surface area contributed by atoms with E-state index >= 15 is 0 Å². The number of nitrogens with zero attached hydrogens (tertiary/aromatic N) is 4. The molecule has 8 heteroatoms. The number of rotatable bonds is 4. The molecule has 25 heavy (non-hydrogen) atoms. The molecule has 3 rings (SSSR count). The number of nitrogens with two attached hydrogens (primary N) is 2. The van der Waals surface area contributed by atoms with E-state index in [1.165, 1.54) is 0 Å². The number of carbonyl (C=O) groups is 1. The van der Waals surface area contributed by atoms with Crippen LogP contribution >= 0.6 is 0 Å². The molecule has 136 valence electrons. The molecule has 2 fully saturated rings. The molecule has 4 N–H and O–H groups in total. The molecule has 0 saturated carbocycles. The number of hydrogen-bond donors (Lipinski definition) is 2. The minimum absolute atomic E-state index is 0.0293. The van der Waals surface area contributed by atoms with E-state index in [9.17, 15) is 4.79 Å². The van der Waals surface area contributed by atoms with E-state index in [1.807, 2.05) is 17.0 Å². The number of piperidine rings is 1. The van der Waals surface area contributed by atoms with Crippen molar-refractivity contribution >= 4 is 17.7 Å². The van der Waals surface area contributed by atoms with Crippen LogP contribution in [0.4, 0.5) is 5.82 Å². The summed E-state index contributed by atoms with van der Waals surface area (Å²) >= 11 is 0. The lowest BCUT2D eigenvalue weighted by molar-refractivity contribution is -0.122. The van der Waals surface area contributed by atoms with Gasteiger partial charge in [0.25, 0.3) is 0 Å². The summed E-state index contributed by atoms with van der Waals surface area (Å²) in [6.07, 6.45) is 3.32. The number of carbonyl (C=O) groups excluding carboxylic acids is 1. The van der Waals surface area contributed by atoms with E-state index in [-0.39, 0.29) is 11.8 Å². The Kier molecular flexibility index (Phi) is 5.70. The minimum atomic E-state index is -0.205. The molecule has 0 atom stereocenters. The minimum Gasteiger partial charge on any atom is -0.378 e. The summed E-state index contributed by atoms with van der Waals surface area (Å²) in [6.45, 7) is 4.96. The Balaban J connectivity index is 1.66. The maximum Gasteiger partial charge on any atom is 0.220 e. The third kappa shape index (κ3) is 4.39. The van der Waals surface area contributed by atoms with Crippen LogP contribution in [0.2, 0.25) is 0 Å². The van der Waals surface area contributed by atoms with Crippen molar-refractivity contribution in [3.05, 3.63) is 23.9 Å². The van der Waals surface area contributed by atoms with Crippen LogP contribution in [-0.4, -0.2) is 61.1 Å². The van der Waals surface area contributed by atoms with E-state index < -0.39 is 0 Å². The molecular formula is C17H26N6O2. The molecule has 2 saturated heterocycles. The number of aliphatic imine (C=N–C) groups is 1. The van der Waals surface area contributed by atoms with Gasteiger partial charge in [-0.05, 0) is 18.9 Å². The first-order valence-electron chi connectivity index (χ1n) is 8.76. The second-order valence-electron chi connectivity index (χ2n) is 6.42. The molecule has 2 aliphatic heterocycles. The van der Waals surface area contributed by atoms with Crippen molar-refractivity contribution in [2.24, 2.45) is 22.4 Å². The van der Waals surface area contributed by atoms with Gasteiger partial charge in [0.05, 0.1) is 19.8 Å². The van der Waals surface area contributed by atoms with Gasteiger partial charge in [0.2, 0.25) is 5.91 Å². The van der Waals surface area contributed by atoms with E-state index in [0.717, 1.165) is 50.4 Å². The first-order chi connectivity index (χ1) is 12.1. The average molecular weight is 346 g/mol. The normalized spacial score (nSPS) is 19.9. The number of anilines is 1. The van der Waals surface area contributed by atoms with Gasteiger partial charge in [-0.1, -0.05) is 6.07 Å². The first kappa shape index (κ1) is 17.5. The fourth-order valence-corrected chi connectivity index (χ4v) is 3.27. The second kappa shape index (κ2) is 8.15. The van der Waals surface area contributed by atoms with E-state index in [2.05, 4.69) is 14.9 Å². The van der Waals surface area contributed by atoms with Crippen molar-refractivity contribution in [3.63, 3.8) is 0 Å². The zero-order valence-electron chi connectivity index (χ0n) is 14.4. The lowest BCUT2D eigenvalue weighted by atomic mass is 9.96. The number of primary amides is 1. The topological polar surface area (TPSA) is 110 Å². The highest BCUT2D eigenvalue weighted by Gasteiger charge is 2.25. The largest absolute Gasteiger partial charge is 0.378 e. The van der Waals surface area contributed by atoms with Crippen LogP contribution in [-0.2, 0) is 16.1 Å². The number of ether oxygens (including phenoxy) is 1. The lowest BCUT2D eigenvalue weighted by Crippen LogP contribution is -2.44. The molecular weight excluding hydrogens is 320 g/mol. The summed E-state index contributed by atoms with van der Waals surface area (Å²) in [7, 11) is 0. The van der Waals surface area contributed by atoms with E-state index in [1.54, 1.807) is 6.20 Å². The van der Waals surface area contributed by atoms with Crippen molar-refractivity contribution in [1.82, 2.24) is 9.88 Å². The third-order valence-corrected chi connectivity index (χ3v) is 4.81. The quantitative estimate of drug-likeness (QED) is 0.583. The van der Waals surface area contributed by atoms with Crippen LogP contribution in [0, 0.1) is 5.92 Å². The van der Waals surface area contributed by atoms with Crippen LogP contribution in [0.5, 0.6) is 0 Å². The Morgan fingerprint density at radius 2 is 1.96 bits per heavy atom. The molecule has 0 unspecified atom stereocenters. The third-order valence-electron chi connectivity index (χ3n) is 4.81. The van der Waals surface area contributed by atoms with Crippen LogP contribution < -0.4 is 16.4 Å². The van der Waals surface area contributed by atoms with Crippen molar-refractivity contribution in [2.45, 2.75) is 19.4 Å². The molecule has 0 aromatic carbocycles. The fourth-order valence-electron chi connectivity index (χ4n) is 3.27. The number of amides is 1. The monoisotopic (exact) mass is 346 g/mol. The predicted octanol–water partition coefficient (Wildman–Crippen LogP) is -0.0698. The Morgan fingerprint density at radius 3 is 2.64 bits per heavy atom. The lowest BCUT2D eigenvalue weighted by Gasteiger charge is -2.32. The predicted molar refractivity (Wildman–Crippen MR) is 96.1 cm³/mol. The van der Waals surface area contributed by atoms with Gasteiger partial charge in [-0.25, -0.2) is 9.98 Å². The van der Waals surface area contributed by atoms with Gasteiger partial charge in [-0.3, -0.25) is 4.79 Å². The first-order valence-corrected chi connectivity index (χ1v) is 8.76. The summed E-state index contributed by atoms with van der Waals surface area (Å²) in [5.41, 5.74) is 12.6. The standard InChI is InChI=1S/C17H26N6O2/c18-15(24)13-3-6-22(7-4-13)16-14(2-1-5-20-16)12-21-17(19)23-8-10-25-11-9-23/h1-2,5,13H,3-4,6-12H2,(H2,18,24)(H2,19,21). The van der Waals surface area contributed by atoms with E-state index in [4.69, 9.17) is 16.2 Å². The second-order valence-corrected chi connectivity index (χ2v) is 6.42. The van der Waals surface area contributed by atoms with Crippen LogP contribution in [0.25, 0.3) is 0 Å². The Labute approximate surface area is 147 Å². The molecule has 3 heterocycles. The smallest absolute Gasteiger partial charge is 0.220 e. The summed E-state index contributed by atoms with van der Waals surface area (Å²) in [4.78, 5) is 24.6. The van der Waals surface area contributed by atoms with Crippen LogP contribution in [0.3, 0.4) is 0 Å². The zero-order chi connectivity index (χ0) is 17.6. The maximum absolute atomic E-state index is 11.3. The van der Waals surface area contributed by atoms with Gasteiger partial charge < -0.3 is 26.0 Å². The van der Waals surface area contributed by atoms with Gasteiger partial charge in [-0.15, -0.1) is 0 Å². The van der Waals surface area contributed by atoms with Crippen LogP contribution in [0.1, 0.15) is 18.4 Å². The van der Waals surface area contributed by atoms with Crippen molar-refractivity contribution in [1.29, 1.82) is 0 Å². The summed E-state index contributed by atoms with van der Waals surface area (Å²) in [5.74, 6) is 1.23. The fraction of sp³-hybridized carbons (Fsp3) is 0.588.